The molecular weight excluding hydrogens is 368 g/mol. The van der Waals surface area contributed by atoms with Crippen LogP contribution in [0.4, 0.5) is 17.5 Å². The number of fused-ring (bicyclic) bond motifs is 1. The minimum absolute atomic E-state index is 0.631. The zero-order valence-corrected chi connectivity index (χ0v) is 17.1. The Bertz CT molecular complexity index is 955. The monoisotopic (exact) mass is 394 g/mol. The average molecular weight is 395 g/mol. The summed E-state index contributed by atoms with van der Waals surface area (Å²) in [6.07, 6.45) is 9.13. The van der Waals surface area contributed by atoms with E-state index in [1.807, 2.05) is 29.8 Å². The van der Waals surface area contributed by atoms with E-state index in [9.17, 15) is 0 Å². The lowest BCUT2D eigenvalue weighted by atomic mass is 9.97. The highest BCUT2D eigenvalue weighted by atomic mass is 32.1. The number of nitrogens with zero attached hydrogens (tertiary/aromatic N) is 4. The van der Waals surface area contributed by atoms with Crippen LogP contribution in [0.1, 0.15) is 42.0 Å². The number of rotatable bonds is 4. The smallest absolute Gasteiger partial charge is 0.228 e. The molecule has 28 heavy (non-hydrogen) atoms. The van der Waals surface area contributed by atoms with Crippen LogP contribution in [-0.4, -0.2) is 41.1 Å². The third kappa shape index (κ3) is 3.44. The van der Waals surface area contributed by atoms with Crippen molar-refractivity contribution in [3.05, 3.63) is 35.0 Å². The number of hydrogen-bond donors (Lipinski definition) is 2. The van der Waals surface area contributed by atoms with Gasteiger partial charge < -0.3 is 15.5 Å². The van der Waals surface area contributed by atoms with Gasteiger partial charge in [0.1, 0.15) is 5.82 Å². The first-order valence-corrected chi connectivity index (χ1v) is 11.0. The fourth-order valence-corrected chi connectivity index (χ4v) is 5.53. The summed E-state index contributed by atoms with van der Waals surface area (Å²) in [5.41, 5.74) is 3.75. The Labute approximate surface area is 169 Å². The van der Waals surface area contributed by atoms with Crippen molar-refractivity contribution in [2.24, 2.45) is 0 Å². The summed E-state index contributed by atoms with van der Waals surface area (Å²) >= 11 is 1.82. The summed E-state index contributed by atoms with van der Waals surface area (Å²) in [7, 11) is 0. The zero-order chi connectivity index (χ0) is 18.9. The first-order valence-electron chi connectivity index (χ1n) is 10.2. The molecule has 3 aromatic rings. The summed E-state index contributed by atoms with van der Waals surface area (Å²) in [6.45, 7) is 6.32. The van der Waals surface area contributed by atoms with Crippen molar-refractivity contribution in [2.75, 3.05) is 36.4 Å². The number of aryl methyl sites for hydroxylation is 1. The minimum Gasteiger partial charge on any atom is -0.368 e. The Hall–Kier alpha value is -2.25. The summed E-state index contributed by atoms with van der Waals surface area (Å²) in [6, 6.07) is 4.14. The molecule has 146 valence electrons. The lowest BCUT2D eigenvalue weighted by molar-refractivity contribution is 0.589. The van der Waals surface area contributed by atoms with Gasteiger partial charge in [-0.1, -0.05) is 12.8 Å². The van der Waals surface area contributed by atoms with Gasteiger partial charge in [-0.3, -0.25) is 0 Å². The van der Waals surface area contributed by atoms with E-state index in [1.54, 1.807) is 0 Å². The molecule has 1 saturated carbocycles. The van der Waals surface area contributed by atoms with Crippen LogP contribution < -0.4 is 15.5 Å². The number of pyridine rings is 1. The van der Waals surface area contributed by atoms with Crippen molar-refractivity contribution in [1.82, 2.24) is 20.3 Å². The van der Waals surface area contributed by atoms with Crippen LogP contribution in [0, 0.1) is 6.92 Å². The molecule has 0 bridgehead atoms. The van der Waals surface area contributed by atoms with Crippen LogP contribution in [-0.2, 0) is 0 Å². The number of anilines is 3. The molecule has 3 aromatic heterocycles. The molecule has 5 rings (SSSR count). The SMILES string of the molecule is Cc1sc2cnc(Nc3ccc(N4CCNCC4)cn3)nc2c1C1CCCC1. The maximum Gasteiger partial charge on any atom is 0.228 e. The van der Waals surface area contributed by atoms with Crippen molar-refractivity contribution in [3.8, 4) is 0 Å². The lowest BCUT2D eigenvalue weighted by Gasteiger charge is -2.29. The highest BCUT2D eigenvalue weighted by Gasteiger charge is 2.24. The normalized spacial score (nSPS) is 18.1. The van der Waals surface area contributed by atoms with E-state index in [-0.39, 0.29) is 0 Å². The number of nitrogens with one attached hydrogen (secondary N) is 2. The Kier molecular flexibility index (Phi) is 4.86. The molecule has 0 spiro atoms. The molecule has 7 heteroatoms. The van der Waals surface area contributed by atoms with Gasteiger partial charge in [0, 0.05) is 31.1 Å². The molecule has 4 heterocycles. The van der Waals surface area contributed by atoms with E-state index in [0.717, 1.165) is 37.5 Å². The fraction of sp³-hybridized carbons (Fsp3) is 0.476. The molecule has 1 aliphatic heterocycles. The lowest BCUT2D eigenvalue weighted by Crippen LogP contribution is -2.43. The van der Waals surface area contributed by atoms with Crippen molar-refractivity contribution in [2.45, 2.75) is 38.5 Å². The number of hydrogen-bond acceptors (Lipinski definition) is 7. The summed E-state index contributed by atoms with van der Waals surface area (Å²) < 4.78 is 1.19. The van der Waals surface area contributed by atoms with Crippen LogP contribution in [0.25, 0.3) is 10.2 Å². The molecule has 0 atom stereocenters. The van der Waals surface area contributed by atoms with E-state index >= 15 is 0 Å². The predicted octanol–water partition coefficient (Wildman–Crippen LogP) is 4.21. The predicted molar refractivity (Wildman–Crippen MR) is 116 cm³/mol. The third-order valence-corrected chi connectivity index (χ3v) is 6.93. The summed E-state index contributed by atoms with van der Waals surface area (Å²) in [4.78, 5) is 17.7. The molecule has 0 radical (unpaired) electrons. The minimum atomic E-state index is 0.631. The third-order valence-electron chi connectivity index (χ3n) is 5.89. The standard InChI is InChI=1S/C21H26N6S/c1-14-19(15-4-2-3-5-15)20-17(28-14)13-24-21(26-20)25-18-7-6-16(12-23-18)27-10-8-22-9-11-27/h6-7,12-13,15,22H,2-5,8-11H2,1H3,(H,23,24,25,26). The zero-order valence-electron chi connectivity index (χ0n) is 16.2. The fourth-order valence-electron chi connectivity index (χ4n) is 4.47. The van der Waals surface area contributed by atoms with Gasteiger partial charge in [-0.2, -0.15) is 0 Å². The summed E-state index contributed by atoms with van der Waals surface area (Å²) in [5.74, 6) is 2.08. The number of aromatic nitrogens is 3. The van der Waals surface area contributed by atoms with Gasteiger partial charge in [-0.15, -0.1) is 11.3 Å². The van der Waals surface area contributed by atoms with Crippen molar-refractivity contribution in [3.63, 3.8) is 0 Å². The molecular formula is C21H26N6S. The van der Waals surface area contributed by atoms with Gasteiger partial charge >= 0.3 is 0 Å². The second-order valence-electron chi connectivity index (χ2n) is 7.72. The van der Waals surface area contributed by atoms with Gasteiger partial charge in [0.2, 0.25) is 5.95 Å². The molecule has 1 aliphatic carbocycles. The highest BCUT2D eigenvalue weighted by Crippen LogP contribution is 2.42. The average Bonchev–Trinajstić information content (AvgIpc) is 3.36. The van der Waals surface area contributed by atoms with Crippen LogP contribution in [0.2, 0.25) is 0 Å². The van der Waals surface area contributed by atoms with Gasteiger partial charge in [0.15, 0.2) is 0 Å². The van der Waals surface area contributed by atoms with Gasteiger partial charge in [-0.25, -0.2) is 15.0 Å². The van der Waals surface area contributed by atoms with Crippen molar-refractivity contribution >= 4 is 39.0 Å². The Morgan fingerprint density at radius 3 is 2.68 bits per heavy atom. The van der Waals surface area contributed by atoms with Crippen LogP contribution in [0.15, 0.2) is 24.5 Å². The second-order valence-corrected chi connectivity index (χ2v) is 8.98. The van der Waals surface area contributed by atoms with E-state index < -0.39 is 0 Å². The highest BCUT2D eigenvalue weighted by molar-refractivity contribution is 7.19. The Morgan fingerprint density at radius 2 is 1.93 bits per heavy atom. The van der Waals surface area contributed by atoms with E-state index in [0.29, 0.717) is 11.9 Å². The van der Waals surface area contributed by atoms with Crippen LogP contribution >= 0.6 is 11.3 Å². The maximum atomic E-state index is 4.88. The molecule has 2 aliphatic rings. The van der Waals surface area contributed by atoms with Crippen molar-refractivity contribution in [1.29, 1.82) is 0 Å². The van der Waals surface area contributed by atoms with E-state index in [2.05, 4.69) is 38.5 Å². The molecule has 6 nitrogen and oxygen atoms in total. The maximum absolute atomic E-state index is 4.88. The number of thiophene rings is 1. The second kappa shape index (κ2) is 7.64. The Morgan fingerprint density at radius 1 is 1.11 bits per heavy atom. The topological polar surface area (TPSA) is 66.0 Å². The van der Waals surface area contributed by atoms with Gasteiger partial charge in [-0.05, 0) is 43.4 Å². The molecule has 2 N–H and O–H groups in total. The van der Waals surface area contributed by atoms with Gasteiger partial charge in [0.05, 0.1) is 28.3 Å². The van der Waals surface area contributed by atoms with E-state index in [4.69, 9.17) is 4.98 Å². The first-order chi connectivity index (χ1) is 13.8. The number of piperazine rings is 1. The largest absolute Gasteiger partial charge is 0.368 e. The Balaban J connectivity index is 1.38. The first kappa shape index (κ1) is 17.8. The molecule has 0 unspecified atom stereocenters. The van der Waals surface area contributed by atoms with Gasteiger partial charge in [0.25, 0.3) is 0 Å². The van der Waals surface area contributed by atoms with Crippen LogP contribution in [0.5, 0.6) is 0 Å². The quantitative estimate of drug-likeness (QED) is 0.691. The van der Waals surface area contributed by atoms with E-state index in [1.165, 1.54) is 46.5 Å². The molecule has 1 saturated heterocycles. The molecule has 2 fully saturated rings. The molecule has 0 aromatic carbocycles. The van der Waals surface area contributed by atoms with Crippen molar-refractivity contribution < 1.29 is 0 Å². The molecule has 0 amide bonds. The summed E-state index contributed by atoms with van der Waals surface area (Å²) in [5, 5.41) is 6.67. The van der Waals surface area contributed by atoms with Crippen LogP contribution in [0.3, 0.4) is 0 Å².